The van der Waals surface area contributed by atoms with Crippen molar-refractivity contribution < 1.29 is 4.79 Å². The van der Waals surface area contributed by atoms with Crippen LogP contribution in [0.3, 0.4) is 0 Å². The van der Waals surface area contributed by atoms with Crippen LogP contribution in [0, 0.1) is 0 Å². The highest BCUT2D eigenvalue weighted by Gasteiger charge is 2.54. The summed E-state index contributed by atoms with van der Waals surface area (Å²) in [6, 6.07) is 0. The second kappa shape index (κ2) is 1.05. The number of hydrogen-bond acceptors (Lipinski definition) is 2. The minimum atomic E-state index is -0.236. The van der Waals surface area contributed by atoms with Gasteiger partial charge < -0.3 is 5.32 Å². The van der Waals surface area contributed by atoms with Gasteiger partial charge in [0.15, 0.2) is 5.66 Å². The molecule has 2 rings (SSSR count). The first-order valence-electron chi connectivity index (χ1n) is 2.91. The Morgan fingerprint density at radius 3 is 2.62 bits per heavy atom. The van der Waals surface area contributed by atoms with Crippen LogP contribution in [0.5, 0.6) is 0 Å². The molecule has 0 saturated carbocycles. The lowest BCUT2D eigenvalue weighted by atomic mass is 10.2. The molecule has 0 bridgehead atoms. The first kappa shape index (κ1) is 4.32. The van der Waals surface area contributed by atoms with Gasteiger partial charge in [0.2, 0.25) is 0 Å². The minimum absolute atomic E-state index is 0.176. The Morgan fingerprint density at radius 2 is 2.38 bits per heavy atom. The van der Waals surface area contributed by atoms with Gasteiger partial charge in [-0.3, -0.25) is 10.1 Å². The van der Waals surface area contributed by atoms with Crippen LogP contribution in [-0.2, 0) is 4.79 Å². The highest BCUT2D eigenvalue weighted by molar-refractivity contribution is 6.01. The van der Waals surface area contributed by atoms with Crippen molar-refractivity contribution in [2.75, 3.05) is 6.54 Å². The Bertz CT molecular complexity index is 137. The maximum absolute atomic E-state index is 10.5. The number of hydrogen-bond donors (Lipinski definition) is 2. The van der Waals surface area contributed by atoms with Crippen LogP contribution >= 0.6 is 0 Å². The van der Waals surface area contributed by atoms with E-state index < -0.39 is 0 Å². The van der Waals surface area contributed by atoms with E-state index in [1.165, 1.54) is 0 Å². The maximum Gasteiger partial charge on any atom is 0.262 e. The molecule has 1 amide bonds. The third-order valence-corrected chi connectivity index (χ3v) is 1.81. The number of carbonyl (C=O) groups is 1. The molecule has 0 radical (unpaired) electrons. The van der Waals surface area contributed by atoms with E-state index in [1.54, 1.807) is 0 Å². The zero-order chi connectivity index (χ0) is 5.61. The Morgan fingerprint density at radius 1 is 1.62 bits per heavy atom. The van der Waals surface area contributed by atoms with Crippen LogP contribution in [0.25, 0.3) is 0 Å². The van der Waals surface area contributed by atoms with Crippen molar-refractivity contribution in [2.24, 2.45) is 0 Å². The molecule has 2 fully saturated rings. The maximum atomic E-state index is 10.5. The topological polar surface area (TPSA) is 51.0 Å². The molecule has 1 spiro atoms. The summed E-state index contributed by atoms with van der Waals surface area (Å²) >= 11 is 0. The summed E-state index contributed by atoms with van der Waals surface area (Å²) in [5.41, 5.74) is -0.236. The fraction of sp³-hybridized carbons (Fsp3) is 0.800. The third-order valence-electron chi connectivity index (χ3n) is 1.81. The van der Waals surface area contributed by atoms with E-state index in [-0.39, 0.29) is 11.6 Å². The van der Waals surface area contributed by atoms with Crippen molar-refractivity contribution in [1.29, 1.82) is 0 Å². The Balaban J connectivity index is 2.16. The average Bonchev–Trinajstić information content (AvgIpc) is 2.29. The van der Waals surface area contributed by atoms with Crippen LogP contribution in [-0.4, -0.2) is 18.1 Å². The number of nitrogens with one attached hydrogen (secondary N) is 2. The van der Waals surface area contributed by atoms with Gasteiger partial charge in [0.25, 0.3) is 5.91 Å². The monoisotopic (exact) mass is 112 g/mol. The van der Waals surface area contributed by atoms with E-state index in [4.69, 9.17) is 0 Å². The summed E-state index contributed by atoms with van der Waals surface area (Å²) < 4.78 is 0. The van der Waals surface area contributed by atoms with Crippen molar-refractivity contribution >= 4 is 5.91 Å². The standard InChI is InChI=1S/C5H8N2O/c8-4-5(7-4)2-1-3-6-5/h6H,1-3H2,(H,7,8). The lowest BCUT2D eigenvalue weighted by molar-refractivity contribution is -0.112. The predicted molar refractivity (Wildman–Crippen MR) is 28.1 cm³/mol. The van der Waals surface area contributed by atoms with Gasteiger partial charge in [-0.25, -0.2) is 0 Å². The molecule has 3 heteroatoms. The van der Waals surface area contributed by atoms with Crippen LogP contribution < -0.4 is 10.6 Å². The number of amides is 1. The van der Waals surface area contributed by atoms with Crippen molar-refractivity contribution in [3.05, 3.63) is 0 Å². The number of carbonyl (C=O) groups excluding carboxylic acids is 1. The van der Waals surface area contributed by atoms with Gasteiger partial charge in [-0.2, -0.15) is 0 Å². The zero-order valence-electron chi connectivity index (χ0n) is 4.53. The average molecular weight is 112 g/mol. The summed E-state index contributed by atoms with van der Waals surface area (Å²) in [5.74, 6) is 0.176. The van der Waals surface area contributed by atoms with E-state index >= 15 is 0 Å². The molecule has 2 saturated heterocycles. The molecule has 2 aliphatic rings. The largest absolute Gasteiger partial charge is 0.327 e. The Kier molecular flexibility index (Phi) is 0.568. The molecule has 8 heavy (non-hydrogen) atoms. The quantitative estimate of drug-likeness (QED) is 0.403. The van der Waals surface area contributed by atoms with Crippen molar-refractivity contribution in [2.45, 2.75) is 18.5 Å². The second-order valence-electron chi connectivity index (χ2n) is 2.39. The molecule has 0 aromatic carbocycles. The highest BCUT2D eigenvalue weighted by Crippen LogP contribution is 2.25. The normalized spacial score (nSPS) is 42.8. The molecular formula is C5H8N2O. The van der Waals surface area contributed by atoms with E-state index in [1.807, 2.05) is 0 Å². The molecule has 3 nitrogen and oxygen atoms in total. The van der Waals surface area contributed by atoms with Gasteiger partial charge in [0.05, 0.1) is 0 Å². The molecule has 2 heterocycles. The van der Waals surface area contributed by atoms with Crippen molar-refractivity contribution in [1.82, 2.24) is 10.6 Å². The highest BCUT2D eigenvalue weighted by atomic mass is 16.2. The van der Waals surface area contributed by atoms with Gasteiger partial charge in [-0.15, -0.1) is 0 Å². The van der Waals surface area contributed by atoms with Gasteiger partial charge in [0.1, 0.15) is 0 Å². The summed E-state index contributed by atoms with van der Waals surface area (Å²) in [4.78, 5) is 10.5. The van der Waals surface area contributed by atoms with Crippen molar-refractivity contribution in [3.63, 3.8) is 0 Å². The fourth-order valence-corrected chi connectivity index (χ4v) is 1.21. The molecule has 0 aromatic rings. The van der Waals surface area contributed by atoms with Gasteiger partial charge >= 0.3 is 0 Å². The Hall–Kier alpha value is -0.570. The zero-order valence-corrected chi connectivity index (χ0v) is 4.53. The lowest BCUT2D eigenvalue weighted by Gasteiger charge is -1.95. The third kappa shape index (κ3) is 0.351. The summed E-state index contributed by atoms with van der Waals surface area (Å²) in [5, 5.41) is 5.85. The molecule has 1 unspecified atom stereocenters. The summed E-state index contributed by atoms with van der Waals surface area (Å²) in [6.07, 6.45) is 2.10. The molecule has 2 N–H and O–H groups in total. The summed E-state index contributed by atoms with van der Waals surface area (Å²) in [6.45, 7) is 0.985. The molecular weight excluding hydrogens is 104 g/mol. The molecule has 44 valence electrons. The Labute approximate surface area is 47.4 Å². The van der Waals surface area contributed by atoms with Crippen LogP contribution in [0.4, 0.5) is 0 Å². The first-order valence-corrected chi connectivity index (χ1v) is 2.91. The molecule has 1 atom stereocenters. The molecule has 0 aromatic heterocycles. The minimum Gasteiger partial charge on any atom is -0.327 e. The molecule has 2 aliphatic heterocycles. The van der Waals surface area contributed by atoms with E-state index in [9.17, 15) is 4.79 Å². The van der Waals surface area contributed by atoms with E-state index in [0.29, 0.717) is 0 Å². The predicted octanol–water partition coefficient (Wildman–Crippen LogP) is -0.804. The number of rotatable bonds is 0. The lowest BCUT2D eigenvalue weighted by Crippen LogP contribution is -2.28. The summed E-state index contributed by atoms with van der Waals surface area (Å²) in [7, 11) is 0. The molecule has 0 aliphatic carbocycles. The van der Waals surface area contributed by atoms with Gasteiger partial charge in [-0.05, 0) is 19.4 Å². The van der Waals surface area contributed by atoms with Crippen LogP contribution in [0.15, 0.2) is 0 Å². The van der Waals surface area contributed by atoms with Crippen LogP contribution in [0.2, 0.25) is 0 Å². The van der Waals surface area contributed by atoms with Crippen molar-refractivity contribution in [3.8, 4) is 0 Å². The SMILES string of the molecule is O=C1NC12CCCN2. The fourth-order valence-electron chi connectivity index (χ4n) is 1.21. The van der Waals surface area contributed by atoms with E-state index in [2.05, 4.69) is 10.6 Å². The van der Waals surface area contributed by atoms with Gasteiger partial charge in [-0.1, -0.05) is 0 Å². The smallest absolute Gasteiger partial charge is 0.262 e. The second-order valence-corrected chi connectivity index (χ2v) is 2.39. The van der Waals surface area contributed by atoms with E-state index in [0.717, 1.165) is 19.4 Å². The van der Waals surface area contributed by atoms with Gasteiger partial charge in [0, 0.05) is 0 Å². The van der Waals surface area contributed by atoms with Crippen LogP contribution in [0.1, 0.15) is 12.8 Å². The first-order chi connectivity index (χ1) is 3.83.